The van der Waals surface area contributed by atoms with E-state index in [2.05, 4.69) is 5.16 Å². The number of methoxy groups -OCH3 is 2. The zero-order chi connectivity index (χ0) is 14.8. The van der Waals surface area contributed by atoms with Gasteiger partial charge in [0.15, 0.2) is 23.1 Å². The summed E-state index contributed by atoms with van der Waals surface area (Å²) in [5, 5.41) is 7.85. The average Bonchev–Trinajstić information content (AvgIpc) is 3.15. The number of hydrogen-bond acceptors (Lipinski definition) is 6. The van der Waals surface area contributed by atoms with Crippen molar-refractivity contribution in [3.8, 4) is 33.9 Å². The number of nitrogens with zero attached hydrogens (tertiary/aromatic N) is 1. The standard InChI is InChI=1S/C15H14N2O3S/c1-18-11-4-3-9(7-12(11)19-2)13-14(20-17-15(13)16)10-5-6-21-8-10/h3-8H,1-2H3,(H2,16,17). The van der Waals surface area contributed by atoms with Gasteiger partial charge in [0.25, 0.3) is 0 Å². The van der Waals surface area contributed by atoms with Crippen LogP contribution in [-0.4, -0.2) is 19.4 Å². The molecule has 0 saturated heterocycles. The number of aromatic nitrogens is 1. The van der Waals surface area contributed by atoms with Crippen LogP contribution in [0, 0.1) is 0 Å². The number of benzene rings is 1. The molecule has 0 fully saturated rings. The van der Waals surface area contributed by atoms with Crippen molar-refractivity contribution in [2.45, 2.75) is 0 Å². The van der Waals surface area contributed by atoms with E-state index in [0.29, 0.717) is 23.1 Å². The van der Waals surface area contributed by atoms with E-state index in [1.807, 2.05) is 35.0 Å². The summed E-state index contributed by atoms with van der Waals surface area (Å²) in [7, 11) is 3.19. The third kappa shape index (κ3) is 2.34. The Balaban J connectivity index is 2.15. The average molecular weight is 302 g/mol. The van der Waals surface area contributed by atoms with Gasteiger partial charge in [-0.25, -0.2) is 0 Å². The van der Waals surface area contributed by atoms with Crippen LogP contribution in [-0.2, 0) is 0 Å². The quantitative estimate of drug-likeness (QED) is 0.796. The molecule has 0 aliphatic rings. The van der Waals surface area contributed by atoms with Crippen molar-refractivity contribution >= 4 is 17.2 Å². The Hall–Kier alpha value is -2.47. The molecule has 3 aromatic rings. The van der Waals surface area contributed by atoms with Gasteiger partial charge < -0.3 is 19.7 Å². The first-order valence-electron chi connectivity index (χ1n) is 6.24. The molecule has 2 aromatic heterocycles. The van der Waals surface area contributed by atoms with Gasteiger partial charge in [-0.2, -0.15) is 11.3 Å². The second-order valence-electron chi connectivity index (χ2n) is 4.35. The summed E-state index contributed by atoms with van der Waals surface area (Å²) in [6.45, 7) is 0. The van der Waals surface area contributed by atoms with Crippen molar-refractivity contribution in [1.29, 1.82) is 0 Å². The van der Waals surface area contributed by atoms with Crippen LogP contribution < -0.4 is 15.2 Å². The molecule has 0 aliphatic heterocycles. The molecular formula is C15H14N2O3S. The number of anilines is 1. The molecule has 1 aromatic carbocycles. The maximum Gasteiger partial charge on any atom is 0.177 e. The van der Waals surface area contributed by atoms with Crippen molar-refractivity contribution in [2.24, 2.45) is 0 Å². The van der Waals surface area contributed by atoms with Crippen LogP contribution in [0.25, 0.3) is 22.5 Å². The molecule has 21 heavy (non-hydrogen) atoms. The van der Waals surface area contributed by atoms with E-state index in [4.69, 9.17) is 19.7 Å². The highest BCUT2D eigenvalue weighted by atomic mass is 32.1. The van der Waals surface area contributed by atoms with Crippen molar-refractivity contribution in [3.05, 3.63) is 35.0 Å². The Labute approximate surface area is 125 Å². The summed E-state index contributed by atoms with van der Waals surface area (Å²) < 4.78 is 16.0. The normalized spacial score (nSPS) is 10.6. The van der Waals surface area contributed by atoms with Gasteiger partial charge in [-0.05, 0) is 29.1 Å². The van der Waals surface area contributed by atoms with Crippen LogP contribution in [0.5, 0.6) is 11.5 Å². The summed E-state index contributed by atoms with van der Waals surface area (Å²) >= 11 is 1.59. The van der Waals surface area contributed by atoms with E-state index in [-0.39, 0.29) is 0 Å². The SMILES string of the molecule is COc1ccc(-c2c(N)noc2-c2ccsc2)cc1OC. The Morgan fingerprint density at radius 3 is 2.57 bits per heavy atom. The van der Waals surface area contributed by atoms with E-state index in [1.165, 1.54) is 0 Å². The fourth-order valence-corrected chi connectivity index (χ4v) is 2.80. The third-order valence-corrected chi connectivity index (χ3v) is 3.86. The molecule has 3 rings (SSSR count). The topological polar surface area (TPSA) is 70.5 Å². The second kappa shape index (κ2) is 5.49. The van der Waals surface area contributed by atoms with Gasteiger partial charge in [-0.1, -0.05) is 11.2 Å². The van der Waals surface area contributed by atoms with E-state index in [1.54, 1.807) is 25.6 Å². The zero-order valence-corrected chi connectivity index (χ0v) is 12.4. The number of rotatable bonds is 4. The minimum absolute atomic E-state index is 0.350. The van der Waals surface area contributed by atoms with Gasteiger partial charge >= 0.3 is 0 Å². The molecule has 0 radical (unpaired) electrons. The van der Waals surface area contributed by atoms with Gasteiger partial charge in [0, 0.05) is 10.9 Å². The van der Waals surface area contributed by atoms with Crippen LogP contribution in [0.1, 0.15) is 0 Å². The fraction of sp³-hybridized carbons (Fsp3) is 0.133. The number of ether oxygens (including phenoxy) is 2. The molecule has 6 heteroatoms. The van der Waals surface area contributed by atoms with Gasteiger partial charge in [-0.15, -0.1) is 0 Å². The van der Waals surface area contributed by atoms with Crippen molar-refractivity contribution in [3.63, 3.8) is 0 Å². The van der Waals surface area contributed by atoms with Gasteiger partial charge in [-0.3, -0.25) is 0 Å². The molecule has 5 nitrogen and oxygen atoms in total. The largest absolute Gasteiger partial charge is 0.493 e. The summed E-state index contributed by atoms with van der Waals surface area (Å²) in [5.74, 6) is 2.30. The zero-order valence-electron chi connectivity index (χ0n) is 11.6. The number of nitrogen functional groups attached to an aromatic ring is 1. The lowest BCUT2D eigenvalue weighted by molar-refractivity contribution is 0.355. The minimum Gasteiger partial charge on any atom is -0.493 e. The first kappa shape index (κ1) is 13.5. The second-order valence-corrected chi connectivity index (χ2v) is 5.13. The van der Waals surface area contributed by atoms with Crippen LogP contribution >= 0.6 is 11.3 Å². The predicted molar refractivity (Wildman–Crippen MR) is 82.8 cm³/mol. The van der Waals surface area contributed by atoms with Gasteiger partial charge in [0.1, 0.15) is 0 Å². The Morgan fingerprint density at radius 1 is 1.10 bits per heavy atom. The van der Waals surface area contributed by atoms with Crippen molar-refractivity contribution in [1.82, 2.24) is 5.16 Å². The predicted octanol–water partition coefficient (Wildman–Crippen LogP) is 3.67. The minimum atomic E-state index is 0.350. The molecule has 2 heterocycles. The first-order valence-corrected chi connectivity index (χ1v) is 7.19. The highest BCUT2D eigenvalue weighted by Crippen LogP contribution is 2.40. The van der Waals surface area contributed by atoms with Crippen molar-refractivity contribution in [2.75, 3.05) is 20.0 Å². The summed E-state index contributed by atoms with van der Waals surface area (Å²) in [6.07, 6.45) is 0. The van der Waals surface area contributed by atoms with Crippen LogP contribution in [0.15, 0.2) is 39.5 Å². The highest BCUT2D eigenvalue weighted by molar-refractivity contribution is 7.08. The maximum absolute atomic E-state index is 5.97. The summed E-state index contributed by atoms with van der Waals surface area (Å²) in [6, 6.07) is 7.56. The third-order valence-electron chi connectivity index (χ3n) is 3.17. The maximum atomic E-state index is 5.97. The molecule has 2 N–H and O–H groups in total. The molecule has 0 bridgehead atoms. The molecule has 0 saturated carbocycles. The molecule has 0 amide bonds. The molecule has 0 spiro atoms. The van der Waals surface area contributed by atoms with E-state index < -0.39 is 0 Å². The van der Waals surface area contributed by atoms with Crippen LogP contribution in [0.4, 0.5) is 5.82 Å². The highest BCUT2D eigenvalue weighted by Gasteiger charge is 2.19. The Morgan fingerprint density at radius 2 is 1.90 bits per heavy atom. The van der Waals surface area contributed by atoms with Crippen LogP contribution in [0.3, 0.4) is 0 Å². The Kier molecular flexibility index (Phi) is 3.53. The lowest BCUT2D eigenvalue weighted by Gasteiger charge is -2.09. The molecule has 108 valence electrons. The molecule has 0 unspecified atom stereocenters. The van der Waals surface area contributed by atoms with E-state index in [0.717, 1.165) is 16.7 Å². The van der Waals surface area contributed by atoms with Crippen molar-refractivity contribution < 1.29 is 14.0 Å². The van der Waals surface area contributed by atoms with E-state index in [9.17, 15) is 0 Å². The van der Waals surface area contributed by atoms with Gasteiger partial charge in [0.05, 0.1) is 19.8 Å². The Bertz CT molecular complexity index is 750. The van der Waals surface area contributed by atoms with Crippen LogP contribution in [0.2, 0.25) is 0 Å². The fourth-order valence-electron chi connectivity index (χ4n) is 2.16. The number of thiophene rings is 1. The van der Waals surface area contributed by atoms with E-state index >= 15 is 0 Å². The summed E-state index contributed by atoms with van der Waals surface area (Å²) in [4.78, 5) is 0. The molecule has 0 aliphatic carbocycles. The molecular weight excluding hydrogens is 288 g/mol. The first-order chi connectivity index (χ1) is 10.2. The lowest BCUT2D eigenvalue weighted by Crippen LogP contribution is -1.93. The van der Waals surface area contributed by atoms with Gasteiger partial charge in [0.2, 0.25) is 0 Å². The molecule has 0 atom stereocenters. The lowest BCUT2D eigenvalue weighted by atomic mass is 10.0. The monoisotopic (exact) mass is 302 g/mol. The number of hydrogen-bond donors (Lipinski definition) is 1. The smallest absolute Gasteiger partial charge is 0.177 e. The number of nitrogens with two attached hydrogens (primary N) is 1. The summed E-state index contributed by atoms with van der Waals surface area (Å²) in [5.41, 5.74) is 8.55.